The smallest absolute Gasteiger partial charge is 0.227 e. The van der Waals surface area contributed by atoms with Crippen molar-refractivity contribution in [3.63, 3.8) is 0 Å². The van der Waals surface area contributed by atoms with E-state index in [0.717, 1.165) is 37.8 Å². The number of piperidine rings is 1. The monoisotopic (exact) mass is 383 g/mol. The Morgan fingerprint density at radius 3 is 1.96 bits per heavy atom. The molecule has 4 nitrogen and oxygen atoms in total. The van der Waals surface area contributed by atoms with E-state index in [-0.39, 0.29) is 36.3 Å². The summed E-state index contributed by atoms with van der Waals surface area (Å²) in [6, 6.07) is 0. The first-order chi connectivity index (χ1) is 10.2. The van der Waals surface area contributed by atoms with Gasteiger partial charge in [-0.1, -0.05) is 27.7 Å². The van der Waals surface area contributed by atoms with Crippen molar-refractivity contribution in [3.8, 4) is 0 Å². The minimum atomic E-state index is -0.404. The third-order valence-corrected chi connectivity index (χ3v) is 5.63. The second kappa shape index (κ2) is 10.8. The van der Waals surface area contributed by atoms with Gasteiger partial charge in [0.05, 0.1) is 5.41 Å². The van der Waals surface area contributed by atoms with Crippen LogP contribution in [0.4, 0.5) is 0 Å². The van der Waals surface area contributed by atoms with Gasteiger partial charge in [-0.05, 0) is 44.9 Å². The molecule has 146 valence electrons. The number of carbonyl (C=O) groups excluding carboxylic acids is 1. The Hall–Kier alpha value is -0.0300. The molecule has 1 amide bonds. The molecule has 1 heterocycles. The molecule has 3 N–H and O–H groups in total. The second-order valence-electron chi connectivity index (χ2n) is 8.04. The SMILES string of the molecule is CCC(CC)(CN)C(=O)NCC(C)(C)N1CC(C)CC(C)C1.Cl.Cl. The van der Waals surface area contributed by atoms with E-state index in [1.807, 2.05) is 0 Å². The van der Waals surface area contributed by atoms with Crippen molar-refractivity contribution < 1.29 is 4.79 Å². The molecule has 1 saturated heterocycles. The Bertz CT molecular complexity index is 355. The molecule has 2 atom stereocenters. The van der Waals surface area contributed by atoms with Crippen molar-refractivity contribution in [2.75, 3.05) is 26.2 Å². The number of nitrogens with zero attached hydrogens (tertiary/aromatic N) is 1. The molecule has 2 unspecified atom stereocenters. The average Bonchev–Trinajstić information content (AvgIpc) is 2.46. The van der Waals surface area contributed by atoms with Crippen LogP contribution in [0.15, 0.2) is 0 Å². The zero-order chi connectivity index (χ0) is 17.0. The Labute approximate surface area is 161 Å². The van der Waals surface area contributed by atoms with Crippen LogP contribution in [-0.2, 0) is 4.79 Å². The summed E-state index contributed by atoms with van der Waals surface area (Å²) in [5.41, 5.74) is 5.46. The summed E-state index contributed by atoms with van der Waals surface area (Å²) in [7, 11) is 0. The van der Waals surface area contributed by atoms with Crippen LogP contribution < -0.4 is 11.1 Å². The molecule has 0 aliphatic carbocycles. The van der Waals surface area contributed by atoms with Gasteiger partial charge in [-0.3, -0.25) is 9.69 Å². The molecule has 1 aliphatic rings. The Morgan fingerprint density at radius 1 is 1.12 bits per heavy atom. The molecular weight excluding hydrogens is 345 g/mol. The maximum Gasteiger partial charge on any atom is 0.227 e. The van der Waals surface area contributed by atoms with Crippen molar-refractivity contribution in [1.29, 1.82) is 0 Å². The van der Waals surface area contributed by atoms with Crippen molar-refractivity contribution in [3.05, 3.63) is 0 Å². The number of nitrogens with one attached hydrogen (secondary N) is 1. The summed E-state index contributed by atoms with van der Waals surface area (Å²) >= 11 is 0. The lowest BCUT2D eigenvalue weighted by Crippen LogP contribution is -2.57. The molecule has 1 fully saturated rings. The van der Waals surface area contributed by atoms with Gasteiger partial charge in [0.2, 0.25) is 5.91 Å². The molecular formula is C18H39Cl2N3O. The van der Waals surface area contributed by atoms with Crippen LogP contribution in [0.1, 0.15) is 60.8 Å². The van der Waals surface area contributed by atoms with Gasteiger partial charge in [0.1, 0.15) is 0 Å². The molecule has 0 aromatic rings. The largest absolute Gasteiger partial charge is 0.354 e. The standard InChI is InChI=1S/C18H37N3O.2ClH/c1-7-18(8-2,12-19)16(22)20-13-17(5,6)21-10-14(3)9-15(4)11-21;;/h14-15H,7-13,19H2,1-6H3,(H,20,22);2*1H. The van der Waals surface area contributed by atoms with Crippen molar-refractivity contribution in [2.45, 2.75) is 66.3 Å². The first kappa shape index (κ1) is 26.2. The number of likely N-dealkylation sites (tertiary alicyclic amines) is 1. The van der Waals surface area contributed by atoms with E-state index in [9.17, 15) is 4.79 Å². The van der Waals surface area contributed by atoms with Crippen molar-refractivity contribution in [1.82, 2.24) is 10.2 Å². The summed E-state index contributed by atoms with van der Waals surface area (Å²) in [4.78, 5) is 15.1. The fraction of sp³-hybridized carbons (Fsp3) is 0.944. The molecule has 0 aromatic heterocycles. The number of nitrogens with two attached hydrogens (primary N) is 1. The van der Waals surface area contributed by atoms with Gasteiger partial charge in [0, 0.05) is 31.7 Å². The van der Waals surface area contributed by atoms with Crippen LogP contribution in [0.2, 0.25) is 0 Å². The lowest BCUT2D eigenvalue weighted by Gasteiger charge is -2.45. The number of carbonyl (C=O) groups is 1. The highest BCUT2D eigenvalue weighted by atomic mass is 35.5. The molecule has 0 bridgehead atoms. The predicted octanol–water partition coefficient (Wildman–Crippen LogP) is 3.47. The lowest BCUT2D eigenvalue weighted by atomic mass is 9.81. The lowest BCUT2D eigenvalue weighted by molar-refractivity contribution is -0.131. The number of rotatable bonds is 7. The topological polar surface area (TPSA) is 58.4 Å². The maximum absolute atomic E-state index is 12.6. The van der Waals surface area contributed by atoms with Crippen LogP contribution >= 0.6 is 24.8 Å². The maximum atomic E-state index is 12.6. The van der Waals surface area contributed by atoms with Gasteiger partial charge >= 0.3 is 0 Å². The van der Waals surface area contributed by atoms with E-state index in [0.29, 0.717) is 13.1 Å². The van der Waals surface area contributed by atoms with Crippen LogP contribution in [0.5, 0.6) is 0 Å². The van der Waals surface area contributed by atoms with E-state index in [2.05, 4.69) is 51.8 Å². The number of halogens is 2. The van der Waals surface area contributed by atoms with Gasteiger partial charge < -0.3 is 11.1 Å². The van der Waals surface area contributed by atoms with E-state index >= 15 is 0 Å². The minimum absolute atomic E-state index is 0. The van der Waals surface area contributed by atoms with Crippen LogP contribution in [-0.4, -0.2) is 42.5 Å². The van der Waals surface area contributed by atoms with E-state index < -0.39 is 5.41 Å². The summed E-state index contributed by atoms with van der Waals surface area (Å²) in [6.07, 6.45) is 2.90. The van der Waals surface area contributed by atoms with Crippen molar-refractivity contribution in [2.24, 2.45) is 23.0 Å². The normalized spacial score (nSPS) is 22.3. The number of amides is 1. The number of hydrogen-bond acceptors (Lipinski definition) is 3. The van der Waals surface area contributed by atoms with Gasteiger partial charge in [0.15, 0.2) is 0 Å². The second-order valence-corrected chi connectivity index (χ2v) is 8.04. The molecule has 1 aliphatic heterocycles. The Morgan fingerprint density at radius 2 is 1.58 bits per heavy atom. The highest BCUT2D eigenvalue weighted by molar-refractivity contribution is 5.85. The summed E-state index contributed by atoms with van der Waals surface area (Å²) in [5.74, 6) is 1.58. The van der Waals surface area contributed by atoms with Gasteiger partial charge in [-0.25, -0.2) is 0 Å². The van der Waals surface area contributed by atoms with Crippen LogP contribution in [0.3, 0.4) is 0 Å². The molecule has 0 spiro atoms. The van der Waals surface area contributed by atoms with Crippen LogP contribution in [0, 0.1) is 17.3 Å². The molecule has 24 heavy (non-hydrogen) atoms. The highest BCUT2D eigenvalue weighted by Gasteiger charge is 2.36. The summed E-state index contributed by atoms with van der Waals surface area (Å²) in [5, 5.41) is 3.18. The Kier molecular flexibility index (Phi) is 11.8. The van der Waals surface area contributed by atoms with E-state index in [1.54, 1.807) is 0 Å². The summed E-state index contributed by atoms with van der Waals surface area (Å²) < 4.78 is 0. The third kappa shape index (κ3) is 6.36. The quantitative estimate of drug-likeness (QED) is 0.707. The predicted molar refractivity (Wildman–Crippen MR) is 108 cm³/mol. The van der Waals surface area contributed by atoms with Gasteiger partial charge in [-0.2, -0.15) is 0 Å². The molecule has 1 rings (SSSR count). The summed E-state index contributed by atoms with van der Waals surface area (Å²) in [6.45, 7) is 16.6. The molecule has 0 radical (unpaired) electrons. The van der Waals surface area contributed by atoms with Crippen LogP contribution in [0.25, 0.3) is 0 Å². The first-order valence-electron chi connectivity index (χ1n) is 8.94. The zero-order valence-corrected chi connectivity index (χ0v) is 18.0. The Balaban J connectivity index is 0. The number of hydrogen-bond donors (Lipinski definition) is 2. The molecule has 6 heteroatoms. The first-order valence-corrected chi connectivity index (χ1v) is 8.94. The van der Waals surface area contributed by atoms with Gasteiger partial charge in [0.25, 0.3) is 0 Å². The highest BCUT2D eigenvalue weighted by Crippen LogP contribution is 2.28. The van der Waals surface area contributed by atoms with E-state index in [4.69, 9.17) is 5.73 Å². The molecule has 0 saturated carbocycles. The fourth-order valence-corrected chi connectivity index (χ4v) is 3.71. The van der Waals surface area contributed by atoms with Crippen molar-refractivity contribution >= 4 is 30.7 Å². The van der Waals surface area contributed by atoms with E-state index in [1.165, 1.54) is 6.42 Å². The third-order valence-electron chi connectivity index (χ3n) is 5.63. The minimum Gasteiger partial charge on any atom is -0.354 e. The fourth-order valence-electron chi connectivity index (χ4n) is 3.71. The molecule has 0 aromatic carbocycles. The zero-order valence-electron chi connectivity index (χ0n) is 16.4. The van der Waals surface area contributed by atoms with Gasteiger partial charge in [-0.15, -0.1) is 24.8 Å². The average molecular weight is 384 g/mol.